The Kier molecular flexibility index (Phi) is 6.70. The molecule has 2 aromatic carbocycles. The third-order valence-electron chi connectivity index (χ3n) is 7.06. The summed E-state index contributed by atoms with van der Waals surface area (Å²) in [6, 6.07) is 25.7. The lowest BCUT2D eigenvalue weighted by molar-refractivity contribution is 0.0526. The molecule has 4 aromatic heterocycles. The monoisotopic (exact) mass is 528 g/mol. The van der Waals surface area contributed by atoms with Crippen LogP contribution in [0.3, 0.4) is 0 Å². The van der Waals surface area contributed by atoms with Gasteiger partial charge in [0.15, 0.2) is 0 Å². The van der Waals surface area contributed by atoms with E-state index in [-0.39, 0.29) is 12.0 Å². The number of hydrogen-bond donors (Lipinski definition) is 0. The number of fused-ring (bicyclic) bond motifs is 1. The predicted molar refractivity (Wildman–Crippen MR) is 154 cm³/mol. The van der Waals surface area contributed by atoms with Gasteiger partial charge in [-0.2, -0.15) is 0 Å². The van der Waals surface area contributed by atoms with Gasteiger partial charge in [0, 0.05) is 35.3 Å². The summed E-state index contributed by atoms with van der Waals surface area (Å²) in [5.74, 6) is 0.411. The zero-order valence-corrected chi connectivity index (χ0v) is 22.5. The van der Waals surface area contributed by atoms with Gasteiger partial charge in [0.25, 0.3) is 0 Å². The minimum atomic E-state index is -0.335. The highest BCUT2D eigenvalue weighted by atomic mass is 16.5. The van der Waals surface area contributed by atoms with Crippen molar-refractivity contribution < 1.29 is 14.1 Å². The van der Waals surface area contributed by atoms with Crippen LogP contribution in [0.4, 0.5) is 0 Å². The lowest BCUT2D eigenvalue weighted by Gasteiger charge is -2.20. The molecule has 0 spiro atoms. The number of carbonyl (C=O) groups is 1. The Morgan fingerprint density at radius 2 is 1.73 bits per heavy atom. The topological polar surface area (TPSA) is 83.0 Å². The van der Waals surface area contributed by atoms with Crippen molar-refractivity contribution in [2.75, 3.05) is 6.61 Å². The number of ether oxygens (including phenoxy) is 1. The summed E-state index contributed by atoms with van der Waals surface area (Å²) in [4.78, 5) is 22.0. The Labute approximate surface area is 232 Å². The predicted octanol–water partition coefficient (Wildman–Crippen LogP) is 7.18. The van der Waals surface area contributed by atoms with E-state index < -0.39 is 0 Å². The van der Waals surface area contributed by atoms with Crippen molar-refractivity contribution in [2.24, 2.45) is 0 Å². The largest absolute Gasteiger partial charge is 0.462 e. The maximum Gasteiger partial charge on any atom is 0.338 e. The first-order valence-corrected chi connectivity index (χ1v) is 13.2. The summed E-state index contributed by atoms with van der Waals surface area (Å²) in [5, 5.41) is 4.16. The number of aryl methyl sites for hydroxylation is 2. The molecule has 0 radical (unpaired) electrons. The van der Waals surface area contributed by atoms with Crippen molar-refractivity contribution in [2.45, 2.75) is 26.8 Å². The second kappa shape index (κ2) is 10.6. The van der Waals surface area contributed by atoms with Crippen LogP contribution in [-0.2, 0) is 4.74 Å². The van der Waals surface area contributed by atoms with E-state index in [1.54, 1.807) is 19.1 Å². The zero-order valence-electron chi connectivity index (χ0n) is 22.5. The molecule has 0 saturated heterocycles. The maximum absolute atomic E-state index is 12.3. The van der Waals surface area contributed by atoms with Gasteiger partial charge in [0.05, 0.1) is 34.6 Å². The molecule has 0 fully saturated rings. The van der Waals surface area contributed by atoms with Crippen molar-refractivity contribution in [1.82, 2.24) is 19.7 Å². The summed E-state index contributed by atoms with van der Waals surface area (Å²) in [7, 11) is 0. The summed E-state index contributed by atoms with van der Waals surface area (Å²) >= 11 is 0. The van der Waals surface area contributed by atoms with Gasteiger partial charge in [-0.3, -0.25) is 9.97 Å². The van der Waals surface area contributed by atoms with Gasteiger partial charge in [-0.05, 0) is 62.2 Å². The molecule has 0 amide bonds. The molecule has 0 aliphatic carbocycles. The Balaban J connectivity index is 1.59. The van der Waals surface area contributed by atoms with E-state index in [1.807, 2.05) is 74.8 Å². The molecule has 6 rings (SSSR count). The smallest absolute Gasteiger partial charge is 0.338 e. The van der Waals surface area contributed by atoms with Crippen LogP contribution in [0.5, 0.6) is 0 Å². The molecule has 7 nitrogen and oxygen atoms in total. The number of benzene rings is 2. The molecule has 0 aliphatic heterocycles. The van der Waals surface area contributed by atoms with Gasteiger partial charge in [-0.25, -0.2) is 4.79 Å². The third kappa shape index (κ3) is 4.56. The van der Waals surface area contributed by atoms with Crippen LogP contribution in [0.15, 0.2) is 102 Å². The van der Waals surface area contributed by atoms with E-state index in [4.69, 9.17) is 19.2 Å². The fourth-order valence-corrected chi connectivity index (χ4v) is 5.23. The van der Waals surface area contributed by atoms with Crippen molar-refractivity contribution in [3.63, 3.8) is 0 Å². The minimum absolute atomic E-state index is 0.195. The van der Waals surface area contributed by atoms with E-state index in [0.29, 0.717) is 12.2 Å². The first kappa shape index (κ1) is 25.2. The highest BCUT2D eigenvalue weighted by molar-refractivity contribution is 5.96. The van der Waals surface area contributed by atoms with E-state index in [0.717, 1.165) is 56.0 Å². The summed E-state index contributed by atoms with van der Waals surface area (Å²) < 4.78 is 12.9. The van der Waals surface area contributed by atoms with Crippen LogP contribution in [0, 0.1) is 13.8 Å². The molecule has 0 saturated carbocycles. The van der Waals surface area contributed by atoms with Crippen LogP contribution < -0.4 is 0 Å². The standard InChI is InChI=1S/C33H28N4O3/c1-4-39-33(38)25-15-13-23(14-16-25)27-20-37(32(24-10-6-5-7-11-24)28-12-8-9-17-34-28)29-18-26(19-35-31(27)29)30-21(2)36-40-22(30)3/h5-20,32H,4H2,1-3H3/t32-/m1/s1. The van der Waals surface area contributed by atoms with Crippen LogP contribution in [-0.4, -0.2) is 32.3 Å². The van der Waals surface area contributed by atoms with Crippen LogP contribution in [0.1, 0.15) is 46.0 Å². The van der Waals surface area contributed by atoms with Gasteiger partial charge in [0.2, 0.25) is 0 Å². The van der Waals surface area contributed by atoms with Gasteiger partial charge in [0.1, 0.15) is 11.8 Å². The molecule has 6 aromatic rings. The maximum atomic E-state index is 12.3. The molecule has 0 aliphatic rings. The molecule has 40 heavy (non-hydrogen) atoms. The second-order valence-corrected chi connectivity index (χ2v) is 9.61. The Hall–Kier alpha value is -5.04. The number of nitrogens with zero attached hydrogens (tertiary/aromatic N) is 4. The summed E-state index contributed by atoms with van der Waals surface area (Å²) in [5.41, 5.74) is 8.90. The van der Waals surface area contributed by atoms with Gasteiger partial charge in [-0.1, -0.05) is 53.7 Å². The summed E-state index contributed by atoms with van der Waals surface area (Å²) in [6.45, 7) is 5.98. The van der Waals surface area contributed by atoms with Crippen molar-refractivity contribution in [3.05, 3.63) is 126 Å². The van der Waals surface area contributed by atoms with Gasteiger partial charge >= 0.3 is 5.97 Å². The molecule has 198 valence electrons. The van der Waals surface area contributed by atoms with E-state index in [2.05, 4.69) is 34.1 Å². The first-order valence-electron chi connectivity index (χ1n) is 13.2. The molecule has 4 heterocycles. The Morgan fingerprint density at radius 1 is 0.950 bits per heavy atom. The molecule has 7 heteroatoms. The van der Waals surface area contributed by atoms with E-state index in [1.165, 1.54) is 0 Å². The molecular formula is C33H28N4O3. The van der Waals surface area contributed by atoms with Gasteiger partial charge in [-0.15, -0.1) is 0 Å². The molecular weight excluding hydrogens is 500 g/mol. The van der Waals surface area contributed by atoms with Crippen molar-refractivity contribution >= 4 is 17.0 Å². The summed E-state index contributed by atoms with van der Waals surface area (Å²) in [6.07, 6.45) is 5.81. The van der Waals surface area contributed by atoms with E-state index in [9.17, 15) is 4.79 Å². The SMILES string of the molecule is CCOC(=O)c1ccc(-c2cn([C@H](c3ccccc3)c3ccccn3)c3cc(-c4c(C)noc4C)cnc23)cc1. The first-order chi connectivity index (χ1) is 19.5. The van der Waals surface area contributed by atoms with Crippen molar-refractivity contribution in [1.29, 1.82) is 0 Å². The average molecular weight is 529 g/mol. The van der Waals surface area contributed by atoms with Crippen LogP contribution >= 0.6 is 0 Å². The van der Waals surface area contributed by atoms with Crippen LogP contribution in [0.25, 0.3) is 33.3 Å². The highest BCUT2D eigenvalue weighted by Gasteiger charge is 2.24. The molecule has 1 atom stereocenters. The van der Waals surface area contributed by atoms with Gasteiger partial charge < -0.3 is 13.8 Å². The third-order valence-corrected chi connectivity index (χ3v) is 7.06. The zero-order chi connectivity index (χ0) is 27.6. The second-order valence-electron chi connectivity index (χ2n) is 9.61. The highest BCUT2D eigenvalue weighted by Crippen LogP contribution is 2.38. The number of carbonyl (C=O) groups excluding carboxylic acids is 1. The fraction of sp³-hybridized carbons (Fsp3) is 0.152. The minimum Gasteiger partial charge on any atom is -0.462 e. The average Bonchev–Trinajstić information content (AvgIpc) is 3.53. The molecule has 0 unspecified atom stereocenters. The fourth-order valence-electron chi connectivity index (χ4n) is 5.23. The lowest BCUT2D eigenvalue weighted by atomic mass is 10.0. The Morgan fingerprint density at radius 3 is 2.40 bits per heavy atom. The van der Waals surface area contributed by atoms with E-state index >= 15 is 0 Å². The van der Waals surface area contributed by atoms with Crippen molar-refractivity contribution in [3.8, 4) is 22.3 Å². The lowest BCUT2D eigenvalue weighted by Crippen LogP contribution is -2.13. The number of pyridine rings is 2. The number of esters is 1. The van der Waals surface area contributed by atoms with Crippen LogP contribution in [0.2, 0.25) is 0 Å². The molecule has 0 N–H and O–H groups in total. The normalized spacial score (nSPS) is 12.0. The number of hydrogen-bond acceptors (Lipinski definition) is 6. The Bertz CT molecular complexity index is 1730. The quantitative estimate of drug-likeness (QED) is 0.204. The molecule has 0 bridgehead atoms. The number of rotatable bonds is 7. The number of aromatic nitrogens is 4.